The zero-order valence-corrected chi connectivity index (χ0v) is 12.2. The second kappa shape index (κ2) is 6.26. The van der Waals surface area contributed by atoms with Crippen LogP contribution < -0.4 is 5.32 Å². The van der Waals surface area contributed by atoms with Gasteiger partial charge in [0, 0.05) is 24.5 Å². The van der Waals surface area contributed by atoms with Gasteiger partial charge in [0.15, 0.2) is 0 Å². The number of hydrogen-bond acceptors (Lipinski definition) is 3. The fourth-order valence-electron chi connectivity index (χ4n) is 2.23. The third-order valence-electron chi connectivity index (χ3n) is 3.40. The van der Waals surface area contributed by atoms with Crippen LogP contribution >= 0.6 is 0 Å². The number of hydrogen-bond donors (Lipinski definition) is 1. The van der Waals surface area contributed by atoms with Gasteiger partial charge in [0.05, 0.1) is 5.56 Å². The van der Waals surface area contributed by atoms with E-state index in [1.54, 1.807) is 25.4 Å². The van der Waals surface area contributed by atoms with Gasteiger partial charge in [-0.05, 0) is 30.7 Å². The molecule has 3 aromatic rings. The Hall–Kier alpha value is -2.88. The van der Waals surface area contributed by atoms with E-state index in [2.05, 4.69) is 10.3 Å². The van der Waals surface area contributed by atoms with Crippen LogP contribution in [0, 0.1) is 6.92 Å². The maximum absolute atomic E-state index is 12.3. The van der Waals surface area contributed by atoms with Crippen LogP contribution in [-0.2, 0) is 6.54 Å². The number of carbonyl (C=O) groups excluding carboxylic acids is 1. The number of benzene rings is 1. The summed E-state index contributed by atoms with van der Waals surface area (Å²) in [6, 6.07) is 15.3. The van der Waals surface area contributed by atoms with E-state index in [1.807, 2.05) is 42.5 Å². The van der Waals surface area contributed by atoms with Crippen LogP contribution in [0.2, 0.25) is 0 Å². The van der Waals surface area contributed by atoms with Crippen molar-refractivity contribution < 1.29 is 9.21 Å². The Morgan fingerprint density at radius 3 is 2.73 bits per heavy atom. The Morgan fingerprint density at radius 1 is 1.18 bits per heavy atom. The zero-order valence-electron chi connectivity index (χ0n) is 12.2. The molecule has 4 nitrogen and oxygen atoms in total. The van der Waals surface area contributed by atoms with Crippen LogP contribution in [0.25, 0.3) is 11.3 Å². The molecule has 0 atom stereocenters. The van der Waals surface area contributed by atoms with Gasteiger partial charge >= 0.3 is 0 Å². The average Bonchev–Trinajstić information content (AvgIpc) is 2.96. The van der Waals surface area contributed by atoms with Gasteiger partial charge in [-0.25, -0.2) is 0 Å². The molecular weight excluding hydrogens is 276 g/mol. The molecule has 2 heterocycles. The van der Waals surface area contributed by atoms with Gasteiger partial charge in [0.25, 0.3) is 5.91 Å². The maximum atomic E-state index is 12.3. The molecule has 0 radical (unpaired) electrons. The third-order valence-corrected chi connectivity index (χ3v) is 3.40. The SMILES string of the molecule is Cc1oc(-c2cccnc2)cc1C(=O)NCc1ccccc1. The molecule has 0 aliphatic carbocycles. The summed E-state index contributed by atoms with van der Waals surface area (Å²) in [5.41, 5.74) is 2.46. The second-order valence-corrected chi connectivity index (χ2v) is 4.99. The predicted octanol–water partition coefficient (Wildman–Crippen LogP) is 3.58. The van der Waals surface area contributed by atoms with Crippen LogP contribution in [0.1, 0.15) is 21.7 Å². The molecule has 110 valence electrons. The molecule has 0 aliphatic heterocycles. The van der Waals surface area contributed by atoms with E-state index in [0.717, 1.165) is 11.1 Å². The highest BCUT2D eigenvalue weighted by molar-refractivity contribution is 5.96. The van der Waals surface area contributed by atoms with Gasteiger partial charge in [-0.1, -0.05) is 30.3 Å². The van der Waals surface area contributed by atoms with Crippen molar-refractivity contribution in [3.63, 3.8) is 0 Å². The Balaban J connectivity index is 1.74. The second-order valence-electron chi connectivity index (χ2n) is 4.99. The van der Waals surface area contributed by atoms with E-state index in [-0.39, 0.29) is 5.91 Å². The molecule has 0 fully saturated rings. The normalized spacial score (nSPS) is 10.4. The molecule has 1 amide bonds. The van der Waals surface area contributed by atoms with Crippen LogP contribution in [0.3, 0.4) is 0 Å². The van der Waals surface area contributed by atoms with Gasteiger partial charge < -0.3 is 9.73 Å². The fraction of sp³-hybridized carbons (Fsp3) is 0.111. The van der Waals surface area contributed by atoms with E-state index < -0.39 is 0 Å². The molecule has 2 aromatic heterocycles. The molecule has 0 aliphatic rings. The lowest BCUT2D eigenvalue weighted by atomic mass is 10.1. The van der Waals surface area contributed by atoms with Crippen molar-refractivity contribution in [1.82, 2.24) is 10.3 Å². The minimum absolute atomic E-state index is 0.139. The van der Waals surface area contributed by atoms with Crippen molar-refractivity contribution >= 4 is 5.91 Å². The third kappa shape index (κ3) is 3.06. The molecule has 1 N–H and O–H groups in total. The summed E-state index contributed by atoms with van der Waals surface area (Å²) < 4.78 is 5.67. The first-order valence-corrected chi connectivity index (χ1v) is 7.07. The molecule has 0 spiro atoms. The van der Waals surface area contributed by atoms with Crippen LogP contribution in [0.5, 0.6) is 0 Å². The molecule has 0 saturated carbocycles. The summed E-state index contributed by atoms with van der Waals surface area (Å²) in [5.74, 6) is 1.11. The van der Waals surface area contributed by atoms with Crippen LogP contribution in [-0.4, -0.2) is 10.9 Å². The largest absolute Gasteiger partial charge is 0.460 e. The number of amides is 1. The van der Waals surface area contributed by atoms with Crippen molar-refractivity contribution in [2.45, 2.75) is 13.5 Å². The molecule has 4 heteroatoms. The van der Waals surface area contributed by atoms with E-state index >= 15 is 0 Å². The van der Waals surface area contributed by atoms with E-state index in [9.17, 15) is 4.79 Å². The standard InChI is InChI=1S/C18H16N2O2/c1-13-16(10-17(22-13)15-8-5-9-19-12-15)18(21)20-11-14-6-3-2-4-7-14/h2-10,12H,11H2,1H3,(H,20,21). The smallest absolute Gasteiger partial charge is 0.255 e. The molecule has 1 aromatic carbocycles. The first kappa shape index (κ1) is 14.1. The first-order valence-electron chi connectivity index (χ1n) is 7.07. The summed E-state index contributed by atoms with van der Waals surface area (Å²) in [7, 11) is 0. The number of rotatable bonds is 4. The van der Waals surface area contributed by atoms with Crippen molar-refractivity contribution in [1.29, 1.82) is 0 Å². The minimum atomic E-state index is -0.139. The minimum Gasteiger partial charge on any atom is -0.460 e. The highest BCUT2D eigenvalue weighted by Gasteiger charge is 2.15. The van der Waals surface area contributed by atoms with Gasteiger partial charge in [-0.15, -0.1) is 0 Å². The Kier molecular flexibility index (Phi) is 4.01. The van der Waals surface area contributed by atoms with Crippen molar-refractivity contribution in [2.75, 3.05) is 0 Å². The molecule has 0 bridgehead atoms. The highest BCUT2D eigenvalue weighted by atomic mass is 16.3. The summed E-state index contributed by atoms with van der Waals surface area (Å²) in [6.07, 6.45) is 3.41. The summed E-state index contributed by atoms with van der Waals surface area (Å²) >= 11 is 0. The lowest BCUT2D eigenvalue weighted by Gasteiger charge is -2.03. The summed E-state index contributed by atoms with van der Waals surface area (Å²) in [6.45, 7) is 2.28. The number of nitrogens with zero attached hydrogens (tertiary/aromatic N) is 1. The lowest BCUT2D eigenvalue weighted by Crippen LogP contribution is -2.22. The number of furan rings is 1. The summed E-state index contributed by atoms with van der Waals surface area (Å²) in [4.78, 5) is 16.4. The Bertz CT molecular complexity index is 764. The first-order chi connectivity index (χ1) is 10.7. The van der Waals surface area contributed by atoms with Crippen molar-refractivity contribution in [3.05, 3.63) is 77.8 Å². The monoisotopic (exact) mass is 292 g/mol. The molecule has 0 unspecified atom stereocenters. The van der Waals surface area contributed by atoms with E-state index in [4.69, 9.17) is 4.42 Å². The van der Waals surface area contributed by atoms with Gasteiger partial charge in [-0.2, -0.15) is 0 Å². The van der Waals surface area contributed by atoms with Gasteiger partial charge in [0.1, 0.15) is 11.5 Å². The lowest BCUT2D eigenvalue weighted by molar-refractivity contribution is 0.0949. The Morgan fingerprint density at radius 2 is 2.00 bits per heavy atom. The highest BCUT2D eigenvalue weighted by Crippen LogP contribution is 2.24. The maximum Gasteiger partial charge on any atom is 0.255 e. The van der Waals surface area contributed by atoms with Crippen molar-refractivity contribution in [2.24, 2.45) is 0 Å². The fourth-order valence-corrected chi connectivity index (χ4v) is 2.23. The number of carbonyl (C=O) groups is 1. The topological polar surface area (TPSA) is 55.1 Å². The van der Waals surface area contributed by atoms with E-state index in [1.165, 1.54) is 0 Å². The van der Waals surface area contributed by atoms with Crippen LogP contribution in [0.4, 0.5) is 0 Å². The van der Waals surface area contributed by atoms with E-state index in [0.29, 0.717) is 23.6 Å². The van der Waals surface area contributed by atoms with Gasteiger partial charge in [-0.3, -0.25) is 9.78 Å². The molecular formula is C18H16N2O2. The number of aryl methyl sites for hydroxylation is 1. The molecule has 22 heavy (non-hydrogen) atoms. The number of pyridine rings is 1. The summed E-state index contributed by atoms with van der Waals surface area (Å²) in [5, 5.41) is 2.91. The molecule has 3 rings (SSSR count). The average molecular weight is 292 g/mol. The Labute approximate surface area is 128 Å². The zero-order chi connectivity index (χ0) is 15.4. The van der Waals surface area contributed by atoms with Crippen LogP contribution in [0.15, 0.2) is 65.3 Å². The molecule has 0 saturated heterocycles. The van der Waals surface area contributed by atoms with Gasteiger partial charge in [0.2, 0.25) is 0 Å². The quantitative estimate of drug-likeness (QED) is 0.799. The number of aromatic nitrogens is 1. The predicted molar refractivity (Wildman–Crippen MR) is 84.3 cm³/mol. The van der Waals surface area contributed by atoms with Crippen molar-refractivity contribution in [3.8, 4) is 11.3 Å². The number of nitrogens with one attached hydrogen (secondary N) is 1.